The van der Waals surface area contributed by atoms with E-state index in [1.807, 2.05) is 82.3 Å². The van der Waals surface area contributed by atoms with Gasteiger partial charge in [-0.2, -0.15) is 0 Å². The second-order valence-electron chi connectivity index (χ2n) is 7.61. The lowest BCUT2D eigenvalue weighted by Gasteiger charge is -2.30. The van der Waals surface area contributed by atoms with Crippen LogP contribution in [0.5, 0.6) is 5.75 Å². The zero-order valence-electron chi connectivity index (χ0n) is 17.4. The van der Waals surface area contributed by atoms with Gasteiger partial charge >= 0.3 is 7.60 Å². The summed E-state index contributed by atoms with van der Waals surface area (Å²) in [4.78, 5) is 0. The summed E-state index contributed by atoms with van der Waals surface area (Å²) >= 11 is 0. The van der Waals surface area contributed by atoms with Crippen LogP contribution >= 0.6 is 7.60 Å². The van der Waals surface area contributed by atoms with Gasteiger partial charge in [-0.25, -0.2) is 0 Å². The standard InChI is InChI=1S/C22H32NO4P/c1-17(2)15-26-28(24,27-16-18(3)4)22(23-20-9-7-6-8-10-20)19-11-13-21(25-5)14-12-19/h6-14,17-18,22-23H,15-16H2,1-5H3/t22-/m1/s1. The molecule has 0 radical (unpaired) electrons. The fourth-order valence-electron chi connectivity index (χ4n) is 2.52. The van der Waals surface area contributed by atoms with Gasteiger partial charge in [-0.05, 0) is 41.7 Å². The molecule has 0 fully saturated rings. The van der Waals surface area contributed by atoms with Gasteiger partial charge in [0, 0.05) is 5.69 Å². The summed E-state index contributed by atoms with van der Waals surface area (Å²) in [7, 11) is -1.88. The number of hydrogen-bond acceptors (Lipinski definition) is 5. The highest BCUT2D eigenvalue weighted by molar-refractivity contribution is 7.54. The van der Waals surface area contributed by atoms with E-state index in [1.54, 1.807) is 7.11 Å². The molecule has 0 saturated carbocycles. The monoisotopic (exact) mass is 405 g/mol. The summed E-state index contributed by atoms with van der Waals surface area (Å²) in [6, 6.07) is 17.2. The quantitative estimate of drug-likeness (QED) is 0.442. The van der Waals surface area contributed by atoms with Crippen molar-refractivity contribution < 1.29 is 18.3 Å². The SMILES string of the molecule is COc1ccc([C@H](Nc2ccccc2)P(=O)(OCC(C)C)OCC(C)C)cc1. The van der Waals surface area contributed by atoms with Crippen LogP contribution in [0.15, 0.2) is 54.6 Å². The molecule has 0 spiro atoms. The van der Waals surface area contributed by atoms with E-state index < -0.39 is 13.4 Å². The van der Waals surface area contributed by atoms with E-state index in [-0.39, 0.29) is 11.8 Å². The van der Waals surface area contributed by atoms with E-state index in [4.69, 9.17) is 13.8 Å². The lowest BCUT2D eigenvalue weighted by Crippen LogP contribution is -2.18. The molecule has 0 unspecified atom stereocenters. The number of para-hydroxylation sites is 1. The molecule has 0 aliphatic heterocycles. The second kappa shape index (κ2) is 10.7. The van der Waals surface area contributed by atoms with Gasteiger partial charge in [0.15, 0.2) is 5.78 Å². The lowest BCUT2D eigenvalue weighted by atomic mass is 10.2. The minimum absolute atomic E-state index is 0.240. The molecule has 0 aliphatic carbocycles. The third-order valence-corrected chi connectivity index (χ3v) is 6.08. The minimum atomic E-state index is -3.50. The van der Waals surface area contributed by atoms with Gasteiger partial charge < -0.3 is 19.1 Å². The average molecular weight is 405 g/mol. The third kappa shape index (κ3) is 6.66. The van der Waals surface area contributed by atoms with Gasteiger partial charge in [0.05, 0.1) is 20.3 Å². The predicted molar refractivity (Wildman–Crippen MR) is 115 cm³/mol. The second-order valence-corrected chi connectivity index (χ2v) is 9.72. The first kappa shape index (κ1) is 22.5. The van der Waals surface area contributed by atoms with Crippen LogP contribution in [0.25, 0.3) is 0 Å². The van der Waals surface area contributed by atoms with Crippen molar-refractivity contribution in [2.24, 2.45) is 11.8 Å². The summed E-state index contributed by atoms with van der Waals surface area (Å²) in [5.41, 5.74) is 1.67. The van der Waals surface area contributed by atoms with E-state index in [0.29, 0.717) is 13.2 Å². The molecule has 28 heavy (non-hydrogen) atoms. The van der Waals surface area contributed by atoms with E-state index in [9.17, 15) is 4.57 Å². The van der Waals surface area contributed by atoms with Crippen molar-refractivity contribution >= 4 is 13.3 Å². The van der Waals surface area contributed by atoms with Crippen LogP contribution in [0.3, 0.4) is 0 Å². The highest BCUT2D eigenvalue weighted by Crippen LogP contribution is 2.61. The van der Waals surface area contributed by atoms with Gasteiger partial charge in [-0.1, -0.05) is 58.0 Å². The Labute approximate surface area is 168 Å². The molecule has 5 nitrogen and oxygen atoms in total. The van der Waals surface area contributed by atoms with Gasteiger partial charge in [0.25, 0.3) is 0 Å². The van der Waals surface area contributed by atoms with Crippen LogP contribution in [0.4, 0.5) is 5.69 Å². The number of anilines is 1. The molecule has 6 heteroatoms. The molecule has 0 amide bonds. The number of methoxy groups -OCH3 is 1. The third-order valence-electron chi connectivity index (χ3n) is 4.00. The normalized spacial score (nSPS) is 13.0. The molecule has 1 N–H and O–H groups in total. The topological polar surface area (TPSA) is 56.8 Å². The first-order valence-corrected chi connectivity index (χ1v) is 11.3. The van der Waals surface area contributed by atoms with E-state index in [2.05, 4.69) is 5.32 Å². The molecule has 0 aromatic heterocycles. The molecule has 2 aromatic carbocycles. The number of benzene rings is 2. The van der Waals surface area contributed by atoms with Crippen molar-refractivity contribution in [2.75, 3.05) is 25.6 Å². The van der Waals surface area contributed by atoms with Crippen LogP contribution in [0.2, 0.25) is 0 Å². The van der Waals surface area contributed by atoms with Crippen LogP contribution < -0.4 is 10.1 Å². The maximum Gasteiger partial charge on any atom is 0.357 e. The van der Waals surface area contributed by atoms with Gasteiger partial charge in [-0.15, -0.1) is 0 Å². The van der Waals surface area contributed by atoms with Gasteiger partial charge in [0.2, 0.25) is 0 Å². The molecule has 2 rings (SSSR count). The number of nitrogens with one attached hydrogen (secondary N) is 1. The molecule has 0 heterocycles. The Kier molecular flexibility index (Phi) is 8.56. The molecule has 154 valence electrons. The largest absolute Gasteiger partial charge is 0.497 e. The molecular weight excluding hydrogens is 373 g/mol. The molecule has 2 aromatic rings. The Bertz CT molecular complexity index is 731. The minimum Gasteiger partial charge on any atom is -0.497 e. The van der Waals surface area contributed by atoms with Crippen molar-refractivity contribution in [3.8, 4) is 5.75 Å². The molecule has 0 saturated heterocycles. The summed E-state index contributed by atoms with van der Waals surface area (Å²) in [6.45, 7) is 8.83. The summed E-state index contributed by atoms with van der Waals surface area (Å²) in [5.74, 6) is 0.593. The Morgan fingerprint density at radius 1 is 0.857 bits per heavy atom. The van der Waals surface area contributed by atoms with Crippen LogP contribution in [-0.4, -0.2) is 20.3 Å². The number of rotatable bonds is 11. The Balaban J connectivity index is 2.41. The predicted octanol–water partition coefficient (Wildman–Crippen LogP) is 6.34. The van der Waals surface area contributed by atoms with E-state index >= 15 is 0 Å². The lowest BCUT2D eigenvalue weighted by molar-refractivity contribution is 0.168. The number of hydrogen-bond donors (Lipinski definition) is 1. The van der Waals surface area contributed by atoms with Crippen LogP contribution in [0, 0.1) is 11.8 Å². The fourth-order valence-corrected chi connectivity index (χ4v) is 4.74. The van der Waals surface area contributed by atoms with Crippen molar-refractivity contribution in [1.82, 2.24) is 0 Å². The van der Waals surface area contributed by atoms with Crippen molar-refractivity contribution in [1.29, 1.82) is 0 Å². The highest BCUT2D eigenvalue weighted by Gasteiger charge is 2.38. The first-order chi connectivity index (χ1) is 13.3. The van der Waals surface area contributed by atoms with Crippen molar-refractivity contribution in [2.45, 2.75) is 33.5 Å². The maximum atomic E-state index is 13.9. The number of ether oxygens (including phenoxy) is 1. The zero-order valence-corrected chi connectivity index (χ0v) is 18.3. The smallest absolute Gasteiger partial charge is 0.357 e. The van der Waals surface area contributed by atoms with Crippen LogP contribution in [0.1, 0.15) is 39.0 Å². The van der Waals surface area contributed by atoms with Crippen molar-refractivity contribution in [3.63, 3.8) is 0 Å². The maximum absolute atomic E-state index is 13.9. The Morgan fingerprint density at radius 3 is 1.86 bits per heavy atom. The average Bonchev–Trinajstić information content (AvgIpc) is 2.70. The summed E-state index contributed by atoms with van der Waals surface area (Å²) in [5, 5.41) is 3.37. The van der Waals surface area contributed by atoms with Crippen LogP contribution in [-0.2, 0) is 13.6 Å². The van der Waals surface area contributed by atoms with E-state index in [0.717, 1.165) is 17.0 Å². The Hall–Kier alpha value is -1.81. The summed E-state index contributed by atoms with van der Waals surface area (Å²) in [6.07, 6.45) is 0. The van der Waals surface area contributed by atoms with Crippen molar-refractivity contribution in [3.05, 3.63) is 60.2 Å². The van der Waals surface area contributed by atoms with Gasteiger partial charge in [-0.3, -0.25) is 4.57 Å². The first-order valence-electron chi connectivity index (χ1n) is 9.68. The Morgan fingerprint density at radius 2 is 1.39 bits per heavy atom. The molecule has 1 atom stereocenters. The zero-order chi connectivity index (χ0) is 20.6. The summed E-state index contributed by atoms with van der Waals surface area (Å²) < 4.78 is 31.1. The fraction of sp³-hybridized carbons (Fsp3) is 0.455. The molecule has 0 bridgehead atoms. The molecule has 0 aliphatic rings. The highest BCUT2D eigenvalue weighted by atomic mass is 31.2. The van der Waals surface area contributed by atoms with Gasteiger partial charge in [0.1, 0.15) is 5.75 Å². The molecular formula is C22H32NO4P. The van der Waals surface area contributed by atoms with E-state index in [1.165, 1.54) is 0 Å².